The van der Waals surface area contributed by atoms with Gasteiger partial charge in [0.15, 0.2) is 23.0 Å². The largest absolute Gasteiger partial charge is 0.668 e. The highest BCUT2D eigenvalue weighted by Crippen LogP contribution is 2.55. The first-order chi connectivity index (χ1) is 31.4. The molecule has 65 heavy (non-hydrogen) atoms. The number of aliphatic hydroxyl groups is 1. The summed E-state index contributed by atoms with van der Waals surface area (Å²) in [4.78, 5) is 25.6. The molecule has 2 aliphatic rings. The number of carbonyl (C=O) groups is 1. The lowest BCUT2D eigenvalue weighted by Crippen LogP contribution is -2.50. The number of likely N-dealkylation sites (N-methyl/N-ethyl adjacent to an activating group) is 1. The van der Waals surface area contributed by atoms with Gasteiger partial charge in [-0.3, -0.25) is 4.79 Å². The monoisotopic (exact) mass is 881 g/mol. The molecule has 12 heteroatoms. The van der Waals surface area contributed by atoms with Crippen molar-refractivity contribution in [2.24, 2.45) is 17.8 Å². The van der Waals surface area contributed by atoms with E-state index < -0.39 is 23.4 Å². The number of Topliss-reactive ketones (excluding diaryl/α,β-unsaturated/α-hetero) is 1. The molecule has 0 unspecified atom stereocenters. The fourth-order valence-electron chi connectivity index (χ4n) is 10.9. The van der Waals surface area contributed by atoms with Crippen LogP contribution in [0.15, 0.2) is 97.3 Å². The Kier molecular flexibility index (Phi) is 13.6. The normalized spacial score (nSPS) is 21.6. The third-order valence-corrected chi connectivity index (χ3v) is 13.8. The Bertz CT molecular complexity index is 2610. The van der Waals surface area contributed by atoms with Crippen LogP contribution < -0.4 is 25.1 Å². The van der Waals surface area contributed by atoms with Crippen LogP contribution in [0.3, 0.4) is 0 Å². The first-order valence-corrected chi connectivity index (χ1v) is 22.8. The summed E-state index contributed by atoms with van der Waals surface area (Å²) < 4.78 is 11.5. The summed E-state index contributed by atoms with van der Waals surface area (Å²) in [6, 6.07) is 25.8. The van der Waals surface area contributed by atoms with Crippen LogP contribution in [0, 0.1) is 17.8 Å². The molecule has 3 heterocycles. The van der Waals surface area contributed by atoms with E-state index in [1.54, 1.807) is 42.7 Å². The Morgan fingerprint density at radius 1 is 0.969 bits per heavy atom. The van der Waals surface area contributed by atoms with Crippen LogP contribution in [0.4, 0.5) is 11.5 Å². The van der Waals surface area contributed by atoms with Gasteiger partial charge >= 0.3 is 0 Å². The number of ketones is 1. The zero-order valence-corrected chi connectivity index (χ0v) is 37.6. The average Bonchev–Trinajstić information content (AvgIpc) is 3.97. The van der Waals surface area contributed by atoms with Crippen molar-refractivity contribution >= 4 is 28.1 Å². The topological polar surface area (TPSA) is 188 Å². The van der Waals surface area contributed by atoms with Crippen molar-refractivity contribution in [3.63, 3.8) is 0 Å². The smallest absolute Gasteiger partial charge is 0.200 e. The number of hydrogen-bond acceptors (Lipinski definition) is 11. The van der Waals surface area contributed by atoms with Gasteiger partial charge in [0.1, 0.15) is 17.4 Å². The maximum absolute atomic E-state index is 16.1. The van der Waals surface area contributed by atoms with Crippen molar-refractivity contribution in [1.29, 1.82) is 0 Å². The number of rotatable bonds is 13. The van der Waals surface area contributed by atoms with E-state index in [-0.39, 0.29) is 65.1 Å². The third kappa shape index (κ3) is 9.46. The van der Waals surface area contributed by atoms with Crippen molar-refractivity contribution in [2.75, 3.05) is 32.6 Å². The van der Waals surface area contributed by atoms with Gasteiger partial charge in [-0.15, -0.1) is 0 Å². The SMILES string of the molecule is CNC[C@@H]1C[C@H](c2cc(O)c(O)c(OCC(C)C)c2)CC(=O)[C@H]([C@H](O)CCc2ccc(O)c(OC)c2)[C@]2(CCC[C@H]2Cc2ccc[n-]2)c2ccnc(c2)Nc2ccc3cc(O)ccc3c21. The molecule has 0 radical (unpaired) electrons. The molecule has 1 fully saturated rings. The summed E-state index contributed by atoms with van der Waals surface area (Å²) in [5.74, 6) is -1.15. The molecule has 12 nitrogen and oxygen atoms in total. The predicted octanol–water partition coefficient (Wildman–Crippen LogP) is 9.14. The zero-order valence-electron chi connectivity index (χ0n) is 37.6. The highest BCUT2D eigenvalue weighted by Gasteiger charge is 2.54. The van der Waals surface area contributed by atoms with E-state index in [1.807, 2.05) is 63.4 Å². The molecule has 1 aliphatic heterocycles. The van der Waals surface area contributed by atoms with Gasteiger partial charge in [0.05, 0.1) is 25.7 Å². The Morgan fingerprint density at radius 3 is 2.58 bits per heavy atom. The van der Waals surface area contributed by atoms with Crippen molar-refractivity contribution < 1.29 is 39.8 Å². The number of fused-ring (bicyclic) bond motifs is 6. The van der Waals surface area contributed by atoms with Gasteiger partial charge in [-0.1, -0.05) is 50.6 Å². The van der Waals surface area contributed by atoms with E-state index in [1.165, 1.54) is 13.2 Å². The minimum absolute atomic E-state index is 0.0121. The lowest BCUT2D eigenvalue weighted by molar-refractivity contribution is -0.132. The van der Waals surface area contributed by atoms with E-state index in [0.717, 1.165) is 51.7 Å². The highest BCUT2D eigenvalue weighted by atomic mass is 16.5. The molecule has 1 saturated carbocycles. The molecular weight excluding hydrogens is 821 g/mol. The number of phenolic OH excluding ortho intramolecular Hbond substituents is 4. The second-order valence-electron chi connectivity index (χ2n) is 18.5. The highest BCUT2D eigenvalue weighted by molar-refractivity contribution is 5.93. The molecule has 0 amide bonds. The molecule has 8 rings (SSSR count). The van der Waals surface area contributed by atoms with Crippen LogP contribution >= 0.6 is 0 Å². The molecule has 2 aromatic heterocycles. The van der Waals surface area contributed by atoms with Crippen molar-refractivity contribution in [3.8, 4) is 34.5 Å². The first-order valence-electron chi connectivity index (χ1n) is 22.8. The summed E-state index contributed by atoms with van der Waals surface area (Å²) in [5, 5.41) is 65.1. The summed E-state index contributed by atoms with van der Waals surface area (Å²) in [5.41, 5.74) is 4.27. The number of hydrogen-bond donors (Lipinski definition) is 7. The third-order valence-electron chi connectivity index (χ3n) is 13.8. The van der Waals surface area contributed by atoms with Gasteiger partial charge in [0.2, 0.25) is 5.75 Å². The van der Waals surface area contributed by atoms with Gasteiger partial charge in [-0.2, -0.15) is 11.9 Å². The number of aliphatic hydroxyl groups excluding tert-OH is 1. The molecule has 7 N–H and O–H groups in total. The van der Waals surface area contributed by atoms with Crippen LogP contribution in [0.5, 0.6) is 34.5 Å². The number of nitrogens with zero attached hydrogens (tertiary/aromatic N) is 2. The predicted molar refractivity (Wildman–Crippen MR) is 252 cm³/mol. The Labute approximate surface area is 380 Å². The Hall–Kier alpha value is -6.24. The maximum Gasteiger partial charge on any atom is 0.200 e. The number of aromatic hydroxyl groups is 4. The molecule has 4 aromatic carbocycles. The number of anilines is 2. The number of aromatic nitrogens is 2. The van der Waals surface area contributed by atoms with Crippen LogP contribution in [-0.2, 0) is 23.1 Å². The van der Waals surface area contributed by atoms with Crippen LogP contribution in [0.2, 0.25) is 0 Å². The fraction of sp³-hybridized carbons (Fsp3) is 0.396. The lowest BCUT2D eigenvalue weighted by Gasteiger charge is -2.45. The van der Waals surface area contributed by atoms with Crippen molar-refractivity contribution in [3.05, 3.63) is 125 Å². The lowest BCUT2D eigenvalue weighted by atomic mass is 9.58. The van der Waals surface area contributed by atoms with E-state index in [4.69, 9.17) is 19.4 Å². The van der Waals surface area contributed by atoms with Crippen LogP contribution in [0.1, 0.15) is 92.2 Å². The van der Waals surface area contributed by atoms with Gasteiger partial charge in [0.25, 0.3) is 0 Å². The summed E-state index contributed by atoms with van der Waals surface area (Å²) in [6.07, 6.45) is 6.51. The minimum atomic E-state index is -1.09. The molecule has 0 saturated heterocycles. The molecule has 1 aliphatic carbocycles. The Morgan fingerprint density at radius 2 is 1.82 bits per heavy atom. The molecular formula is C53H61N4O8-. The Balaban J connectivity index is 1.34. The minimum Gasteiger partial charge on any atom is -0.668 e. The summed E-state index contributed by atoms with van der Waals surface area (Å²) in [6.45, 7) is 4.81. The second-order valence-corrected chi connectivity index (χ2v) is 18.5. The van der Waals surface area contributed by atoms with E-state index in [0.29, 0.717) is 56.0 Å². The summed E-state index contributed by atoms with van der Waals surface area (Å²) >= 11 is 0. The molecule has 342 valence electrons. The average molecular weight is 882 g/mol. The van der Waals surface area contributed by atoms with E-state index in [2.05, 4.69) is 16.7 Å². The zero-order chi connectivity index (χ0) is 45.8. The standard InChI is InChI=1S/C53H61N4O8/c1-31(2)30-65-48-26-35(25-46(62)52(48)63)34-22-36(29-54-3)50-41-13-12-40(58)23-33(41)11-14-42(50)57-49-28-38(17-20-56-49)53(18-5-7-37(53)27-39-8-6-19-55-39)51(45(61)24-34)44(60)16-10-32-9-15-43(59)47(21-32)64-4/h6,8-9,11-15,17,19-21,23,25-26,28,31,34,36-37,44,51,54,58-60,62-63H,5,7,10,16,18,22,24,27,29-30H2,1-4H3,(H,56,57)/q-1/t34-,36-,37-,44+,51-,53-/m0/s1. The van der Waals surface area contributed by atoms with Crippen molar-refractivity contribution in [2.45, 2.75) is 88.6 Å². The van der Waals surface area contributed by atoms with Gasteiger partial charge in [-0.05, 0) is 157 Å². The first kappa shape index (κ1) is 45.3. The van der Waals surface area contributed by atoms with Crippen molar-refractivity contribution in [1.82, 2.24) is 15.3 Å². The second kappa shape index (κ2) is 19.5. The quantitative estimate of drug-likeness (QED) is 0.0546. The maximum atomic E-state index is 16.1. The number of ether oxygens (including phenoxy) is 2. The number of methoxy groups -OCH3 is 1. The molecule has 6 atom stereocenters. The van der Waals surface area contributed by atoms with Gasteiger partial charge in [-0.25, -0.2) is 4.98 Å². The van der Waals surface area contributed by atoms with Crippen LogP contribution in [0.25, 0.3) is 10.8 Å². The number of aryl methyl sites for hydroxylation is 1. The van der Waals surface area contributed by atoms with Gasteiger partial charge in [0, 0.05) is 30.3 Å². The number of carbonyl (C=O) groups excluding carboxylic acids is 1. The summed E-state index contributed by atoms with van der Waals surface area (Å²) in [7, 11) is 3.39. The van der Waals surface area contributed by atoms with Gasteiger partial charge < -0.3 is 50.6 Å². The van der Waals surface area contributed by atoms with Crippen LogP contribution in [-0.4, -0.2) is 69.7 Å². The van der Waals surface area contributed by atoms with E-state index in [9.17, 15) is 25.5 Å². The molecule has 1 spiro atoms. The number of pyridine rings is 1. The number of nitrogens with one attached hydrogen (secondary N) is 2. The fourth-order valence-corrected chi connectivity index (χ4v) is 10.9. The molecule has 6 aromatic rings. The number of phenols is 4. The van der Waals surface area contributed by atoms with E-state index >= 15 is 4.79 Å². The molecule has 2 bridgehead atoms. The number of benzene rings is 4.